The molecule has 3 heterocycles. The van der Waals surface area contributed by atoms with Gasteiger partial charge in [-0.25, -0.2) is 0 Å². The summed E-state index contributed by atoms with van der Waals surface area (Å²) in [6, 6.07) is 3.86. The molecule has 0 N–H and O–H groups in total. The van der Waals surface area contributed by atoms with Gasteiger partial charge in [-0.05, 0) is 31.5 Å². The first-order valence-electron chi connectivity index (χ1n) is 7.83. The number of carbonyl (C=O) groups is 2. The van der Waals surface area contributed by atoms with Crippen molar-refractivity contribution in [2.45, 2.75) is 20.3 Å². The maximum absolute atomic E-state index is 12.6. The number of rotatable bonds is 3. The third-order valence-corrected chi connectivity index (χ3v) is 4.82. The molecule has 0 radical (unpaired) electrons. The summed E-state index contributed by atoms with van der Waals surface area (Å²) in [6.45, 7) is 5.62. The Morgan fingerprint density at radius 2 is 2.04 bits per heavy atom. The maximum Gasteiger partial charge on any atom is 0.316 e. The minimum Gasteiger partial charge on any atom is -0.468 e. The summed E-state index contributed by atoms with van der Waals surface area (Å²) in [7, 11) is 1.39. The molecule has 0 aromatic carbocycles. The van der Waals surface area contributed by atoms with Crippen molar-refractivity contribution >= 4 is 24.3 Å². The summed E-state index contributed by atoms with van der Waals surface area (Å²) in [5.74, 6) is -0.210. The fourth-order valence-corrected chi connectivity index (χ4v) is 3.73. The summed E-state index contributed by atoms with van der Waals surface area (Å²) in [5, 5.41) is 0. The van der Waals surface area contributed by atoms with Gasteiger partial charge in [-0.2, -0.15) is 0 Å². The van der Waals surface area contributed by atoms with Crippen LogP contribution in [0.2, 0.25) is 0 Å². The highest BCUT2D eigenvalue weighted by atomic mass is 35.5. The highest BCUT2D eigenvalue weighted by molar-refractivity contribution is 5.85. The molecule has 6 nitrogen and oxygen atoms in total. The molecule has 24 heavy (non-hydrogen) atoms. The number of nitrogens with zero attached hydrogens (tertiary/aromatic N) is 2. The van der Waals surface area contributed by atoms with E-state index < -0.39 is 5.41 Å². The van der Waals surface area contributed by atoms with Gasteiger partial charge in [-0.3, -0.25) is 14.6 Å². The summed E-state index contributed by atoms with van der Waals surface area (Å²) < 4.78 is 10.4. The lowest BCUT2D eigenvalue weighted by Gasteiger charge is -2.23. The quantitative estimate of drug-likeness (QED) is 0.765. The van der Waals surface area contributed by atoms with Gasteiger partial charge in [0.25, 0.3) is 0 Å². The third kappa shape index (κ3) is 3.26. The first kappa shape index (κ1) is 18.7. The van der Waals surface area contributed by atoms with Crippen LogP contribution in [-0.2, 0) is 25.5 Å². The van der Waals surface area contributed by atoms with E-state index in [4.69, 9.17) is 9.47 Å². The second-order valence-electron chi connectivity index (χ2n) is 6.57. The molecule has 1 aromatic rings. The van der Waals surface area contributed by atoms with Gasteiger partial charge in [0.15, 0.2) is 0 Å². The zero-order valence-electron chi connectivity index (χ0n) is 14.2. The number of ether oxygens (including phenoxy) is 2. The molecule has 2 atom stereocenters. The molecule has 2 saturated heterocycles. The van der Waals surface area contributed by atoms with Crippen molar-refractivity contribution in [2.24, 2.45) is 11.3 Å². The number of esters is 1. The van der Waals surface area contributed by atoms with Crippen LogP contribution in [0.3, 0.4) is 0 Å². The van der Waals surface area contributed by atoms with Crippen molar-refractivity contribution in [1.82, 2.24) is 9.88 Å². The van der Waals surface area contributed by atoms with Gasteiger partial charge in [-0.15, -0.1) is 12.4 Å². The van der Waals surface area contributed by atoms with Gasteiger partial charge >= 0.3 is 5.97 Å². The lowest BCUT2D eigenvalue weighted by atomic mass is 9.81. The maximum atomic E-state index is 12.6. The SMILES string of the molecule is COC(=O)[C@@]12COC[C@@H]1CN(C(=O)Cc1cc(C)nc(C)c1)C2.Cl. The van der Waals surface area contributed by atoms with Gasteiger partial charge in [0.05, 0.1) is 26.7 Å². The van der Waals surface area contributed by atoms with Crippen LogP contribution >= 0.6 is 12.4 Å². The highest BCUT2D eigenvalue weighted by Gasteiger charge is 2.57. The molecule has 2 aliphatic heterocycles. The lowest BCUT2D eigenvalue weighted by molar-refractivity contribution is -0.153. The average Bonchev–Trinajstić information content (AvgIpc) is 3.02. The molecule has 0 aliphatic carbocycles. The molecule has 2 aliphatic rings. The lowest BCUT2D eigenvalue weighted by Crippen LogP contribution is -2.41. The van der Waals surface area contributed by atoms with Crippen LogP contribution in [0, 0.1) is 25.2 Å². The number of halogens is 1. The second kappa shape index (κ2) is 7.07. The zero-order chi connectivity index (χ0) is 16.6. The van der Waals surface area contributed by atoms with Crippen molar-refractivity contribution in [3.05, 3.63) is 29.1 Å². The van der Waals surface area contributed by atoms with E-state index in [1.807, 2.05) is 26.0 Å². The fraction of sp³-hybridized carbons (Fsp3) is 0.588. The molecular formula is C17H23ClN2O4. The molecule has 2 fully saturated rings. The predicted molar refractivity (Wildman–Crippen MR) is 90.0 cm³/mol. The molecule has 3 rings (SSSR count). The number of pyridine rings is 1. The Hall–Kier alpha value is -1.66. The number of aryl methyl sites for hydroxylation is 2. The molecular weight excluding hydrogens is 332 g/mol. The number of likely N-dealkylation sites (tertiary alicyclic amines) is 1. The normalized spacial score (nSPS) is 25.1. The molecule has 132 valence electrons. The van der Waals surface area contributed by atoms with Crippen LogP contribution in [0.15, 0.2) is 12.1 Å². The van der Waals surface area contributed by atoms with E-state index in [2.05, 4.69) is 4.98 Å². The topological polar surface area (TPSA) is 68.7 Å². The van der Waals surface area contributed by atoms with Crippen LogP contribution in [0.4, 0.5) is 0 Å². The Morgan fingerprint density at radius 1 is 1.38 bits per heavy atom. The first-order chi connectivity index (χ1) is 10.9. The van der Waals surface area contributed by atoms with Gasteiger partial charge in [0.2, 0.25) is 5.91 Å². The van der Waals surface area contributed by atoms with Crippen molar-refractivity contribution in [3.8, 4) is 0 Å². The standard InChI is InChI=1S/C17H22N2O4.ClH/c1-11-4-13(5-12(2)18-11)6-15(20)19-7-14-8-23-10-17(14,9-19)16(21)22-3;/h4-5,14H,6-10H2,1-3H3;1H/t14-,17-;/m0./s1. The smallest absolute Gasteiger partial charge is 0.316 e. The molecule has 1 aromatic heterocycles. The number of hydrogen-bond donors (Lipinski definition) is 0. The van der Waals surface area contributed by atoms with Crippen LogP contribution in [0.1, 0.15) is 17.0 Å². The minimum atomic E-state index is -0.686. The molecule has 1 amide bonds. The van der Waals surface area contributed by atoms with Crippen LogP contribution in [0.5, 0.6) is 0 Å². The van der Waals surface area contributed by atoms with E-state index in [0.29, 0.717) is 32.7 Å². The molecule has 7 heteroatoms. The van der Waals surface area contributed by atoms with Gasteiger partial charge in [0.1, 0.15) is 5.41 Å². The number of hydrogen-bond acceptors (Lipinski definition) is 5. The number of carbonyl (C=O) groups excluding carboxylic acids is 2. The number of amides is 1. The monoisotopic (exact) mass is 354 g/mol. The zero-order valence-corrected chi connectivity index (χ0v) is 15.0. The van der Waals surface area contributed by atoms with E-state index in [9.17, 15) is 9.59 Å². The summed E-state index contributed by atoms with van der Waals surface area (Å²) >= 11 is 0. The Kier molecular flexibility index (Phi) is 5.50. The van der Waals surface area contributed by atoms with Crippen molar-refractivity contribution < 1.29 is 19.1 Å². The Morgan fingerprint density at radius 3 is 2.67 bits per heavy atom. The summed E-state index contributed by atoms with van der Waals surface area (Å²) in [4.78, 5) is 30.9. The Balaban J connectivity index is 0.00000208. The molecule has 0 bridgehead atoms. The number of fused-ring (bicyclic) bond motifs is 1. The van der Waals surface area contributed by atoms with Gasteiger partial charge < -0.3 is 14.4 Å². The van der Waals surface area contributed by atoms with Crippen molar-refractivity contribution in [1.29, 1.82) is 0 Å². The van der Waals surface area contributed by atoms with Crippen LogP contribution < -0.4 is 0 Å². The highest BCUT2D eigenvalue weighted by Crippen LogP contribution is 2.42. The summed E-state index contributed by atoms with van der Waals surface area (Å²) in [6.07, 6.45) is 0.328. The van der Waals surface area contributed by atoms with E-state index in [0.717, 1.165) is 17.0 Å². The Bertz CT molecular complexity index is 631. The number of methoxy groups -OCH3 is 1. The Labute approximate surface area is 147 Å². The van der Waals surface area contributed by atoms with Crippen LogP contribution in [-0.4, -0.2) is 55.2 Å². The van der Waals surface area contributed by atoms with Crippen LogP contribution in [0.25, 0.3) is 0 Å². The second-order valence-corrected chi connectivity index (χ2v) is 6.57. The fourth-order valence-electron chi connectivity index (χ4n) is 3.73. The molecule has 0 saturated carbocycles. The van der Waals surface area contributed by atoms with Crippen molar-refractivity contribution in [3.63, 3.8) is 0 Å². The van der Waals surface area contributed by atoms with Gasteiger partial charge in [0, 0.05) is 30.4 Å². The molecule has 0 unspecified atom stereocenters. The number of aromatic nitrogens is 1. The minimum absolute atomic E-state index is 0. The van der Waals surface area contributed by atoms with Gasteiger partial charge in [-0.1, -0.05) is 0 Å². The third-order valence-electron chi connectivity index (χ3n) is 4.82. The van der Waals surface area contributed by atoms with Crippen molar-refractivity contribution in [2.75, 3.05) is 33.4 Å². The average molecular weight is 355 g/mol. The van der Waals surface area contributed by atoms with E-state index in [1.54, 1.807) is 4.90 Å². The van der Waals surface area contributed by atoms with E-state index >= 15 is 0 Å². The van der Waals surface area contributed by atoms with E-state index in [-0.39, 0.29) is 30.2 Å². The summed E-state index contributed by atoms with van der Waals surface area (Å²) in [5.41, 5.74) is 2.09. The molecule has 0 spiro atoms. The van der Waals surface area contributed by atoms with E-state index in [1.165, 1.54) is 7.11 Å². The largest absolute Gasteiger partial charge is 0.468 e. The first-order valence-corrected chi connectivity index (χ1v) is 7.83. The predicted octanol–water partition coefficient (Wildman–Crippen LogP) is 1.31.